The molecule has 0 aromatic carbocycles. The molecule has 1 fully saturated rings. The lowest BCUT2D eigenvalue weighted by Gasteiger charge is -2.53. The van der Waals surface area contributed by atoms with Crippen molar-refractivity contribution in [1.82, 2.24) is 5.32 Å². The number of rotatable bonds is 3. The largest absolute Gasteiger partial charge is 0.481 e. The van der Waals surface area contributed by atoms with Crippen molar-refractivity contribution in [2.45, 2.75) is 52.1 Å². The van der Waals surface area contributed by atoms with Gasteiger partial charge in [0.05, 0.1) is 11.5 Å². The van der Waals surface area contributed by atoms with Gasteiger partial charge in [0, 0.05) is 6.04 Å². The van der Waals surface area contributed by atoms with Gasteiger partial charge in [-0.3, -0.25) is 4.79 Å². The molecule has 2 bridgehead atoms. The van der Waals surface area contributed by atoms with Crippen LogP contribution in [0.5, 0.6) is 0 Å². The summed E-state index contributed by atoms with van der Waals surface area (Å²) in [4.78, 5) is 11.4. The van der Waals surface area contributed by atoms with Crippen LogP contribution in [0.2, 0.25) is 0 Å². The zero-order valence-electron chi connectivity index (χ0n) is 11.2. The predicted molar refractivity (Wildman–Crippen MR) is 67.8 cm³/mol. The van der Waals surface area contributed by atoms with Gasteiger partial charge in [0.2, 0.25) is 0 Å². The summed E-state index contributed by atoms with van der Waals surface area (Å²) in [6.07, 6.45) is 3.86. The highest BCUT2D eigenvalue weighted by Crippen LogP contribution is 2.46. The molecule has 96 valence electrons. The number of carboxylic acids is 1. The monoisotopic (exact) mass is 237 g/mol. The highest BCUT2D eigenvalue weighted by atomic mass is 16.4. The average molecular weight is 237 g/mol. The number of aliphatic carboxylic acids is 1. The van der Waals surface area contributed by atoms with E-state index in [-0.39, 0.29) is 11.5 Å². The molecule has 3 heteroatoms. The molecular weight excluding hydrogens is 214 g/mol. The minimum absolute atomic E-state index is 0.267. The van der Waals surface area contributed by atoms with Crippen molar-refractivity contribution >= 4 is 5.97 Å². The van der Waals surface area contributed by atoms with Crippen LogP contribution in [0.4, 0.5) is 0 Å². The normalized spacial score (nSPS) is 40.5. The minimum Gasteiger partial charge on any atom is -0.481 e. The molecule has 0 saturated carbocycles. The Balaban J connectivity index is 2.45. The second-order valence-electron chi connectivity index (χ2n) is 5.86. The van der Waals surface area contributed by atoms with E-state index in [0.717, 1.165) is 12.8 Å². The van der Waals surface area contributed by atoms with Crippen LogP contribution in [0.3, 0.4) is 0 Å². The number of fused-ring (bicyclic) bond motifs is 2. The summed E-state index contributed by atoms with van der Waals surface area (Å²) in [5, 5.41) is 12.9. The number of nitrogens with one attached hydrogen (secondary N) is 1. The first-order valence-corrected chi connectivity index (χ1v) is 6.64. The average Bonchev–Trinajstić information content (AvgIpc) is 2.28. The van der Waals surface area contributed by atoms with Crippen LogP contribution in [-0.4, -0.2) is 22.7 Å². The fraction of sp³-hybridized carbons (Fsp3) is 0.786. The number of hydrogen-bond donors (Lipinski definition) is 2. The molecule has 2 N–H and O–H groups in total. The van der Waals surface area contributed by atoms with E-state index in [4.69, 9.17) is 0 Å². The van der Waals surface area contributed by atoms with Gasteiger partial charge in [0.1, 0.15) is 0 Å². The summed E-state index contributed by atoms with van der Waals surface area (Å²) in [7, 11) is 0. The van der Waals surface area contributed by atoms with E-state index < -0.39 is 5.97 Å². The summed E-state index contributed by atoms with van der Waals surface area (Å²) in [6, 6.07) is 0.396. The van der Waals surface area contributed by atoms with Crippen LogP contribution in [0, 0.1) is 17.8 Å². The molecule has 4 unspecified atom stereocenters. The Morgan fingerprint density at radius 3 is 2.76 bits per heavy atom. The third-order valence-corrected chi connectivity index (χ3v) is 4.61. The summed E-state index contributed by atoms with van der Waals surface area (Å²) >= 11 is 0. The Hall–Kier alpha value is -0.830. The van der Waals surface area contributed by atoms with Crippen LogP contribution in [0.15, 0.2) is 11.6 Å². The molecule has 0 spiro atoms. The van der Waals surface area contributed by atoms with Gasteiger partial charge in [0.25, 0.3) is 0 Å². The molecule has 1 saturated heterocycles. The summed E-state index contributed by atoms with van der Waals surface area (Å²) in [6.45, 7) is 8.68. The molecule has 1 aliphatic carbocycles. The van der Waals surface area contributed by atoms with Crippen molar-refractivity contribution in [3.63, 3.8) is 0 Å². The predicted octanol–water partition coefficient (Wildman–Crippen LogP) is 2.43. The molecule has 2 heterocycles. The molecule has 3 nitrogen and oxygen atoms in total. The fourth-order valence-corrected chi connectivity index (χ4v) is 3.63. The molecule has 0 aromatic heterocycles. The van der Waals surface area contributed by atoms with E-state index in [9.17, 15) is 9.90 Å². The first-order chi connectivity index (χ1) is 7.91. The molecule has 4 atom stereocenters. The lowest BCUT2D eigenvalue weighted by atomic mass is 9.61. The zero-order valence-corrected chi connectivity index (χ0v) is 11.2. The zero-order chi connectivity index (χ0) is 12.8. The van der Waals surface area contributed by atoms with Crippen molar-refractivity contribution in [3.05, 3.63) is 11.6 Å². The first kappa shape index (κ1) is 12.6. The van der Waals surface area contributed by atoms with Crippen LogP contribution in [-0.2, 0) is 4.79 Å². The fourth-order valence-electron chi connectivity index (χ4n) is 3.63. The maximum absolute atomic E-state index is 11.4. The van der Waals surface area contributed by atoms with E-state index in [0.29, 0.717) is 17.9 Å². The number of piperidine rings is 1. The minimum atomic E-state index is -0.657. The molecule has 3 rings (SSSR count). The first-order valence-electron chi connectivity index (χ1n) is 6.64. The van der Waals surface area contributed by atoms with E-state index in [2.05, 4.69) is 39.1 Å². The maximum atomic E-state index is 11.4. The SMILES string of the molecule is CCC12C=C(C(C)C)C(CC1C(=O)O)C(C)N2. The standard InChI is InChI=1S/C14H23NO2/c1-5-14-7-11(8(2)3)10(9(4)15-14)6-12(14)13(16)17/h7-10,12,15H,5-6H2,1-4H3,(H,16,17). The third kappa shape index (κ3) is 1.81. The quantitative estimate of drug-likeness (QED) is 0.741. The Morgan fingerprint density at radius 1 is 1.65 bits per heavy atom. The van der Waals surface area contributed by atoms with Crippen molar-refractivity contribution in [2.24, 2.45) is 17.8 Å². The lowest BCUT2D eigenvalue weighted by Crippen LogP contribution is -2.65. The van der Waals surface area contributed by atoms with Crippen molar-refractivity contribution in [3.8, 4) is 0 Å². The Kier molecular flexibility index (Phi) is 3.06. The van der Waals surface area contributed by atoms with Gasteiger partial charge < -0.3 is 10.4 Å². The van der Waals surface area contributed by atoms with Crippen LogP contribution < -0.4 is 5.32 Å². The smallest absolute Gasteiger partial charge is 0.308 e. The number of hydrogen-bond acceptors (Lipinski definition) is 2. The van der Waals surface area contributed by atoms with Crippen molar-refractivity contribution in [1.29, 1.82) is 0 Å². The van der Waals surface area contributed by atoms with Gasteiger partial charge >= 0.3 is 5.97 Å². The highest BCUT2D eigenvalue weighted by Gasteiger charge is 2.52. The molecule has 0 radical (unpaired) electrons. The van der Waals surface area contributed by atoms with Gasteiger partial charge in [-0.1, -0.05) is 32.4 Å². The third-order valence-electron chi connectivity index (χ3n) is 4.61. The van der Waals surface area contributed by atoms with E-state index in [1.54, 1.807) is 0 Å². The van der Waals surface area contributed by atoms with Crippen LogP contribution >= 0.6 is 0 Å². The summed E-state index contributed by atoms with van der Waals surface area (Å²) < 4.78 is 0. The molecule has 17 heavy (non-hydrogen) atoms. The Morgan fingerprint density at radius 2 is 2.29 bits per heavy atom. The molecule has 0 amide bonds. The summed E-state index contributed by atoms with van der Waals surface area (Å²) in [5.74, 6) is -0.0127. The molecular formula is C14H23NO2. The van der Waals surface area contributed by atoms with E-state index in [1.807, 2.05) is 0 Å². The Bertz CT molecular complexity index is 361. The van der Waals surface area contributed by atoms with Crippen molar-refractivity contribution < 1.29 is 9.90 Å². The number of carbonyl (C=O) groups is 1. The maximum Gasteiger partial charge on any atom is 0.308 e. The number of carboxylic acid groups (broad SMARTS) is 1. The van der Waals surface area contributed by atoms with Gasteiger partial charge in [-0.25, -0.2) is 0 Å². The van der Waals surface area contributed by atoms with Crippen molar-refractivity contribution in [2.75, 3.05) is 0 Å². The topological polar surface area (TPSA) is 49.3 Å². The lowest BCUT2D eigenvalue weighted by molar-refractivity contribution is -0.147. The molecule has 3 aliphatic rings. The second kappa shape index (κ2) is 4.13. The van der Waals surface area contributed by atoms with Gasteiger partial charge in [-0.15, -0.1) is 0 Å². The highest BCUT2D eigenvalue weighted by molar-refractivity contribution is 5.73. The van der Waals surface area contributed by atoms with Crippen LogP contribution in [0.25, 0.3) is 0 Å². The van der Waals surface area contributed by atoms with Gasteiger partial charge in [0.15, 0.2) is 0 Å². The molecule has 0 aromatic rings. The van der Waals surface area contributed by atoms with Crippen LogP contribution in [0.1, 0.15) is 40.5 Å². The van der Waals surface area contributed by atoms with Gasteiger partial charge in [-0.2, -0.15) is 0 Å². The summed E-state index contributed by atoms with van der Waals surface area (Å²) in [5.41, 5.74) is 1.13. The van der Waals surface area contributed by atoms with E-state index in [1.165, 1.54) is 5.57 Å². The second-order valence-corrected chi connectivity index (χ2v) is 5.86. The Labute approximate surface area is 103 Å². The van der Waals surface area contributed by atoms with Gasteiger partial charge in [-0.05, 0) is 31.6 Å². The van der Waals surface area contributed by atoms with E-state index >= 15 is 0 Å². The molecule has 2 aliphatic heterocycles.